The predicted molar refractivity (Wildman–Crippen MR) is 66.6 cm³/mol. The molecule has 0 aliphatic heterocycles. The van der Waals surface area contributed by atoms with Crippen molar-refractivity contribution in [2.75, 3.05) is 13.1 Å². The Bertz CT molecular complexity index is 428. The molecule has 0 aromatic heterocycles. The average Bonchev–Trinajstić information content (AvgIpc) is 3.17. The molecule has 1 aromatic rings. The molecule has 0 amide bonds. The lowest BCUT2D eigenvalue weighted by Gasteiger charge is -2.24. The van der Waals surface area contributed by atoms with E-state index in [1.54, 1.807) is 0 Å². The second-order valence-corrected chi connectivity index (χ2v) is 5.17. The average molecular weight is 291 g/mol. The third-order valence-electron chi connectivity index (χ3n) is 3.39. The molecule has 20 heavy (non-hydrogen) atoms. The Hall–Kier alpha value is -1.14. The molecule has 1 N–H and O–H groups in total. The zero-order valence-corrected chi connectivity index (χ0v) is 10.9. The number of rotatable bonds is 6. The van der Waals surface area contributed by atoms with Gasteiger partial charge in [-0.2, -0.15) is 13.2 Å². The van der Waals surface area contributed by atoms with Crippen molar-refractivity contribution in [2.45, 2.75) is 37.6 Å². The first-order valence-electron chi connectivity index (χ1n) is 6.59. The molecule has 2 rings (SSSR count). The maximum atomic E-state index is 12.7. The normalized spacial score (nSPS) is 17.5. The predicted octanol–water partition coefficient (Wildman–Crippen LogP) is 3.28. The highest BCUT2D eigenvalue weighted by Gasteiger charge is 2.37. The van der Waals surface area contributed by atoms with E-state index >= 15 is 0 Å². The van der Waals surface area contributed by atoms with Crippen LogP contribution in [0.2, 0.25) is 0 Å². The lowest BCUT2D eigenvalue weighted by atomic mass is 10.1. The van der Waals surface area contributed by atoms with Crippen LogP contribution in [-0.2, 0) is 0 Å². The van der Waals surface area contributed by atoms with E-state index in [0.717, 1.165) is 12.8 Å². The molecular formula is C14H17F4NO. The molecule has 2 nitrogen and oxygen atoms in total. The summed E-state index contributed by atoms with van der Waals surface area (Å²) in [7, 11) is 0. The monoisotopic (exact) mass is 291 g/mol. The summed E-state index contributed by atoms with van der Waals surface area (Å²) in [6.07, 6.45) is -3.32. The molecule has 1 atom stereocenters. The van der Waals surface area contributed by atoms with Crippen LogP contribution in [0, 0.1) is 5.82 Å². The van der Waals surface area contributed by atoms with Gasteiger partial charge in [0, 0.05) is 12.6 Å². The van der Waals surface area contributed by atoms with Crippen LogP contribution in [0.15, 0.2) is 24.3 Å². The second kappa shape index (κ2) is 6.10. The first-order valence-corrected chi connectivity index (χ1v) is 6.59. The van der Waals surface area contributed by atoms with Gasteiger partial charge in [0.1, 0.15) is 5.82 Å². The number of benzene rings is 1. The SMILES string of the molecule is OC(CCN(CC(F)(F)F)C1CC1)c1ccc(F)cc1. The molecule has 6 heteroatoms. The Kier molecular flexibility index (Phi) is 4.65. The maximum absolute atomic E-state index is 12.7. The van der Waals surface area contributed by atoms with Gasteiger partial charge in [-0.15, -0.1) is 0 Å². The Morgan fingerprint density at radius 1 is 1.20 bits per heavy atom. The van der Waals surface area contributed by atoms with Crippen LogP contribution in [0.1, 0.15) is 30.9 Å². The molecule has 1 aliphatic carbocycles. The van der Waals surface area contributed by atoms with Gasteiger partial charge in [-0.05, 0) is 37.0 Å². The van der Waals surface area contributed by atoms with Crippen molar-refractivity contribution in [3.8, 4) is 0 Å². The first-order chi connectivity index (χ1) is 9.35. The van der Waals surface area contributed by atoms with Crippen LogP contribution in [0.25, 0.3) is 0 Å². The molecule has 0 spiro atoms. The highest BCUT2D eigenvalue weighted by atomic mass is 19.4. The van der Waals surface area contributed by atoms with E-state index in [9.17, 15) is 22.7 Å². The number of hydrogen-bond donors (Lipinski definition) is 1. The minimum Gasteiger partial charge on any atom is -0.388 e. The lowest BCUT2D eigenvalue weighted by molar-refractivity contribution is -0.147. The van der Waals surface area contributed by atoms with Gasteiger partial charge < -0.3 is 5.11 Å². The van der Waals surface area contributed by atoms with Crippen molar-refractivity contribution in [1.29, 1.82) is 0 Å². The van der Waals surface area contributed by atoms with E-state index in [-0.39, 0.29) is 19.0 Å². The zero-order valence-electron chi connectivity index (χ0n) is 10.9. The minimum absolute atomic E-state index is 0.0166. The largest absolute Gasteiger partial charge is 0.401 e. The van der Waals surface area contributed by atoms with Crippen LogP contribution in [0.4, 0.5) is 17.6 Å². The maximum Gasteiger partial charge on any atom is 0.401 e. The molecule has 1 fully saturated rings. The van der Waals surface area contributed by atoms with Gasteiger partial charge >= 0.3 is 6.18 Å². The Morgan fingerprint density at radius 2 is 1.80 bits per heavy atom. The zero-order chi connectivity index (χ0) is 14.8. The van der Waals surface area contributed by atoms with E-state index in [1.165, 1.54) is 29.2 Å². The standard InChI is InChI=1S/C14H17F4NO/c15-11-3-1-10(2-4-11)13(20)7-8-19(12-5-6-12)9-14(16,17)18/h1-4,12-13,20H,5-9H2. The van der Waals surface area contributed by atoms with Gasteiger partial charge in [-0.25, -0.2) is 4.39 Å². The highest BCUT2D eigenvalue weighted by molar-refractivity contribution is 5.18. The summed E-state index contributed by atoms with van der Waals surface area (Å²) in [5.74, 6) is -0.405. The van der Waals surface area contributed by atoms with Crippen molar-refractivity contribution in [3.63, 3.8) is 0 Å². The molecule has 1 saturated carbocycles. The van der Waals surface area contributed by atoms with Gasteiger partial charge in [0.15, 0.2) is 0 Å². The van der Waals surface area contributed by atoms with Crippen LogP contribution < -0.4 is 0 Å². The molecule has 0 heterocycles. The molecule has 1 unspecified atom stereocenters. The quantitative estimate of drug-likeness (QED) is 0.813. The van der Waals surface area contributed by atoms with Crippen molar-refractivity contribution in [3.05, 3.63) is 35.6 Å². The molecule has 1 aromatic carbocycles. The Labute approximate surface area is 115 Å². The van der Waals surface area contributed by atoms with Gasteiger partial charge in [0.2, 0.25) is 0 Å². The third-order valence-corrected chi connectivity index (χ3v) is 3.39. The van der Waals surface area contributed by atoms with E-state index in [2.05, 4.69) is 0 Å². The van der Waals surface area contributed by atoms with Crippen molar-refractivity contribution >= 4 is 0 Å². The first kappa shape index (κ1) is 15.3. The molecule has 112 valence electrons. The van der Waals surface area contributed by atoms with E-state index in [0.29, 0.717) is 5.56 Å². The highest BCUT2D eigenvalue weighted by Crippen LogP contribution is 2.31. The lowest BCUT2D eigenvalue weighted by Crippen LogP contribution is -2.37. The number of hydrogen-bond acceptors (Lipinski definition) is 2. The number of nitrogens with zero attached hydrogens (tertiary/aromatic N) is 1. The van der Waals surface area contributed by atoms with E-state index in [1.807, 2.05) is 0 Å². The molecular weight excluding hydrogens is 274 g/mol. The second-order valence-electron chi connectivity index (χ2n) is 5.17. The Morgan fingerprint density at radius 3 is 2.30 bits per heavy atom. The summed E-state index contributed by atoms with van der Waals surface area (Å²) in [4.78, 5) is 1.37. The molecule has 0 saturated heterocycles. The molecule has 0 bridgehead atoms. The van der Waals surface area contributed by atoms with Crippen molar-refractivity contribution < 1.29 is 22.7 Å². The Balaban J connectivity index is 1.87. The molecule has 1 aliphatic rings. The summed E-state index contributed by atoms with van der Waals surface area (Å²) in [5, 5.41) is 9.93. The third kappa shape index (κ3) is 4.76. The van der Waals surface area contributed by atoms with Gasteiger partial charge in [-0.3, -0.25) is 4.90 Å². The fourth-order valence-corrected chi connectivity index (χ4v) is 2.20. The van der Waals surface area contributed by atoms with Crippen LogP contribution in [0.5, 0.6) is 0 Å². The topological polar surface area (TPSA) is 23.5 Å². The van der Waals surface area contributed by atoms with E-state index in [4.69, 9.17) is 0 Å². The fraction of sp³-hybridized carbons (Fsp3) is 0.571. The number of aliphatic hydroxyl groups excluding tert-OH is 1. The number of halogens is 4. The van der Waals surface area contributed by atoms with Gasteiger partial charge in [0.05, 0.1) is 12.6 Å². The van der Waals surface area contributed by atoms with Crippen LogP contribution in [-0.4, -0.2) is 35.3 Å². The van der Waals surface area contributed by atoms with Gasteiger partial charge in [0.25, 0.3) is 0 Å². The summed E-state index contributed by atoms with van der Waals surface area (Å²) >= 11 is 0. The number of aliphatic hydroxyl groups is 1. The van der Waals surface area contributed by atoms with Crippen molar-refractivity contribution in [1.82, 2.24) is 4.90 Å². The smallest absolute Gasteiger partial charge is 0.388 e. The van der Waals surface area contributed by atoms with Crippen LogP contribution in [0.3, 0.4) is 0 Å². The van der Waals surface area contributed by atoms with Gasteiger partial charge in [-0.1, -0.05) is 12.1 Å². The number of alkyl halides is 3. The summed E-state index contributed by atoms with van der Waals surface area (Å²) in [6.45, 7) is -0.753. The van der Waals surface area contributed by atoms with E-state index < -0.39 is 24.6 Å². The summed E-state index contributed by atoms with van der Waals surface area (Å²) in [6, 6.07) is 5.34. The summed E-state index contributed by atoms with van der Waals surface area (Å²) < 4.78 is 50.1. The van der Waals surface area contributed by atoms with Crippen molar-refractivity contribution in [2.24, 2.45) is 0 Å². The fourth-order valence-electron chi connectivity index (χ4n) is 2.20. The minimum atomic E-state index is -4.22. The summed E-state index contributed by atoms with van der Waals surface area (Å²) in [5.41, 5.74) is 0.522. The molecule has 0 radical (unpaired) electrons. The van der Waals surface area contributed by atoms with Crippen LogP contribution >= 0.6 is 0 Å².